The van der Waals surface area contributed by atoms with Crippen LogP contribution in [-0.2, 0) is 23.3 Å². The minimum absolute atomic E-state index is 0.143. The predicted octanol–water partition coefficient (Wildman–Crippen LogP) is 8.29. The van der Waals surface area contributed by atoms with Crippen molar-refractivity contribution in [1.29, 1.82) is 0 Å². The third-order valence-corrected chi connectivity index (χ3v) is 5.30. The van der Waals surface area contributed by atoms with Gasteiger partial charge in [-0.05, 0) is 0 Å². The zero-order valence-electron chi connectivity index (χ0n) is 19.1. The molecule has 0 saturated heterocycles. The molecule has 0 heterocycles. The fourth-order valence-corrected chi connectivity index (χ4v) is 3.34. The molecule has 0 bridgehead atoms. The van der Waals surface area contributed by atoms with E-state index in [0.717, 1.165) is 5.39 Å². The Kier molecular flexibility index (Phi) is 9.53. The molecule has 0 nitrogen and oxygen atoms in total. The number of benzene rings is 2. The molecule has 3 aromatic rings. The van der Waals surface area contributed by atoms with Crippen molar-refractivity contribution in [3.05, 3.63) is 88.5 Å². The van der Waals surface area contributed by atoms with E-state index in [9.17, 15) is 17.6 Å². The first-order valence-electron chi connectivity index (χ1n) is 10.2. The molecule has 3 aromatic carbocycles. The second kappa shape index (κ2) is 11.5. The third-order valence-electron chi connectivity index (χ3n) is 5.30. The molecule has 0 aromatic heterocycles. The smallest absolute Gasteiger partial charge is 0.161 e. The van der Waals surface area contributed by atoms with Gasteiger partial charge in [0.05, 0.1) is 0 Å². The van der Waals surface area contributed by atoms with E-state index in [1.807, 2.05) is 0 Å². The van der Waals surface area contributed by atoms with Crippen molar-refractivity contribution in [2.24, 2.45) is 5.92 Å². The Morgan fingerprint density at radius 1 is 0.969 bits per heavy atom. The van der Waals surface area contributed by atoms with Crippen LogP contribution in [0.3, 0.4) is 0 Å². The van der Waals surface area contributed by atoms with Crippen LogP contribution in [0, 0.1) is 35.3 Å². The Labute approximate surface area is 202 Å². The van der Waals surface area contributed by atoms with Gasteiger partial charge in [0, 0.05) is 11.6 Å². The van der Waals surface area contributed by atoms with Gasteiger partial charge in [-0.2, -0.15) is 11.1 Å². The van der Waals surface area contributed by atoms with Gasteiger partial charge in [-0.1, -0.05) is 32.8 Å². The van der Waals surface area contributed by atoms with Gasteiger partial charge in [0.15, 0.2) is 23.3 Å². The van der Waals surface area contributed by atoms with Crippen LogP contribution in [0.25, 0.3) is 21.9 Å². The molecule has 0 aliphatic heterocycles. The molecule has 1 aliphatic carbocycles. The molecular weight excluding hydrogens is 508 g/mol. The molecule has 1 aliphatic rings. The maximum absolute atomic E-state index is 13.8. The summed E-state index contributed by atoms with van der Waals surface area (Å²) in [5.41, 5.74) is 3.93. The summed E-state index contributed by atoms with van der Waals surface area (Å²) in [6.45, 7) is 13.3. The van der Waals surface area contributed by atoms with Gasteiger partial charge in [-0.15, -0.1) is 53.6 Å². The maximum atomic E-state index is 13.8. The number of halogens is 4. The fourth-order valence-electron chi connectivity index (χ4n) is 3.34. The number of rotatable bonds is 1. The van der Waals surface area contributed by atoms with Gasteiger partial charge >= 0.3 is 41.9 Å². The summed E-state index contributed by atoms with van der Waals surface area (Å²) >= 11 is 1.74. The van der Waals surface area contributed by atoms with E-state index in [2.05, 4.69) is 46.9 Å². The summed E-state index contributed by atoms with van der Waals surface area (Å²) in [5, 5.41) is 1.30. The number of hydrogen-bond acceptors (Lipinski definition) is 0. The molecule has 0 amide bonds. The van der Waals surface area contributed by atoms with E-state index in [1.54, 1.807) is 53.7 Å². The first kappa shape index (κ1) is 26.6. The van der Waals surface area contributed by atoms with E-state index < -0.39 is 28.8 Å². The number of hydrogen-bond donors (Lipinski definition) is 0. The van der Waals surface area contributed by atoms with E-state index >= 15 is 0 Å². The van der Waals surface area contributed by atoms with Crippen molar-refractivity contribution < 1.29 is 40.9 Å². The Bertz CT molecular complexity index is 1170. The Hall–Kier alpha value is -1.65. The van der Waals surface area contributed by atoms with Crippen LogP contribution >= 0.6 is 0 Å². The first-order chi connectivity index (χ1) is 15.0. The quantitative estimate of drug-likeness (QED) is 0.128. The minimum atomic E-state index is -1.40. The fraction of sp³-hybridized carbons (Fsp3) is 0.269. The molecule has 32 heavy (non-hydrogen) atoms. The van der Waals surface area contributed by atoms with Crippen molar-refractivity contribution >= 4 is 16.2 Å². The SMILES string of the molecule is CC1=[C-]C(C)C(C)=C1C.C[Si](C)=[Zr+2].Fc1cc(F)c(F)c(-c2c[cH-]c3ccccc23)c1F. The molecule has 0 N–H and O–H groups in total. The molecular formula is C26H26F4SiZr. The van der Waals surface area contributed by atoms with Gasteiger partial charge in [-0.3, -0.25) is 6.08 Å². The van der Waals surface area contributed by atoms with Crippen LogP contribution in [0.2, 0.25) is 13.1 Å². The van der Waals surface area contributed by atoms with Crippen molar-refractivity contribution in [3.63, 3.8) is 0 Å². The summed E-state index contributed by atoms with van der Waals surface area (Å²) in [6.07, 6.45) is 3.36. The van der Waals surface area contributed by atoms with E-state index in [-0.39, 0.29) is 17.1 Å². The van der Waals surface area contributed by atoms with Crippen LogP contribution in [0.4, 0.5) is 17.6 Å². The largest absolute Gasteiger partial charge is 0.204 e. The summed E-state index contributed by atoms with van der Waals surface area (Å²) in [4.78, 5) is 0. The van der Waals surface area contributed by atoms with Crippen LogP contribution < -0.4 is 0 Å². The molecule has 1 unspecified atom stereocenters. The molecule has 0 fully saturated rings. The van der Waals surface area contributed by atoms with E-state index in [1.165, 1.54) is 22.8 Å². The molecule has 1 atom stereocenters. The zero-order valence-corrected chi connectivity index (χ0v) is 22.6. The van der Waals surface area contributed by atoms with Gasteiger partial charge in [0.25, 0.3) is 0 Å². The first-order valence-corrected chi connectivity index (χ1v) is 16.4. The number of allylic oxidation sites excluding steroid dienone is 4. The topological polar surface area (TPSA) is 0 Å². The van der Waals surface area contributed by atoms with E-state index in [4.69, 9.17) is 0 Å². The summed E-state index contributed by atoms with van der Waals surface area (Å²) in [5.74, 6) is -5.01. The molecule has 0 saturated carbocycles. The van der Waals surface area contributed by atoms with Crippen molar-refractivity contribution in [3.8, 4) is 11.1 Å². The average molecular weight is 534 g/mol. The van der Waals surface area contributed by atoms with Crippen LogP contribution in [0.5, 0.6) is 0 Å². The van der Waals surface area contributed by atoms with Gasteiger partial charge < -0.3 is 0 Å². The van der Waals surface area contributed by atoms with Crippen molar-refractivity contribution in [2.45, 2.75) is 40.8 Å². The van der Waals surface area contributed by atoms with E-state index in [0.29, 0.717) is 11.3 Å². The van der Waals surface area contributed by atoms with Crippen LogP contribution in [0.15, 0.2) is 59.2 Å². The van der Waals surface area contributed by atoms with Crippen LogP contribution in [-0.4, -0.2) is 5.43 Å². The normalized spacial score (nSPS) is 15.1. The van der Waals surface area contributed by atoms with Gasteiger partial charge in [0.2, 0.25) is 0 Å². The second-order valence-corrected chi connectivity index (χ2v) is 17.4. The molecule has 6 heteroatoms. The summed E-state index contributed by atoms with van der Waals surface area (Å²) < 4.78 is 54.0. The van der Waals surface area contributed by atoms with Gasteiger partial charge in [0.1, 0.15) is 0 Å². The maximum Gasteiger partial charge on any atom is 0.161 e. The molecule has 166 valence electrons. The second-order valence-electron chi connectivity index (χ2n) is 7.98. The summed E-state index contributed by atoms with van der Waals surface area (Å²) in [7, 11) is 0. The Morgan fingerprint density at radius 2 is 1.50 bits per heavy atom. The Morgan fingerprint density at radius 3 is 1.94 bits per heavy atom. The molecule has 0 spiro atoms. The number of fused-ring (bicyclic) bond motifs is 1. The monoisotopic (exact) mass is 532 g/mol. The Balaban J connectivity index is 0.000000233. The minimum Gasteiger partial charge on any atom is -0.204 e. The van der Waals surface area contributed by atoms with Crippen LogP contribution in [0.1, 0.15) is 27.7 Å². The van der Waals surface area contributed by atoms with Crippen molar-refractivity contribution in [1.82, 2.24) is 0 Å². The van der Waals surface area contributed by atoms with Gasteiger partial charge in [-0.25, -0.2) is 23.1 Å². The third kappa shape index (κ3) is 6.23. The zero-order chi connectivity index (χ0) is 24.2. The van der Waals surface area contributed by atoms with Crippen molar-refractivity contribution in [2.75, 3.05) is 0 Å². The standard InChI is InChI=1S/C15H7F4.C9H13.C2H6Si.Zr/c16-11-7-12(17)15(19)13(14(11)18)10-6-5-8-3-1-2-4-9(8)10;1-6-5-7(2)9(4)8(6)3;1-3-2;/h1-7H;6H,1-4H3;1-2H3;/q2*-1;;+2. The molecule has 4 rings (SSSR count). The summed E-state index contributed by atoms with van der Waals surface area (Å²) in [6, 6.07) is 10.2. The predicted molar refractivity (Wildman–Crippen MR) is 122 cm³/mol. The molecule has 0 radical (unpaired) electrons. The average Bonchev–Trinajstić information content (AvgIpc) is 3.24.